The number of hydrazine groups is 1. The number of fused-ring (bicyclic) bond motifs is 3. The zero-order valence-corrected chi connectivity index (χ0v) is 15.8. The summed E-state index contributed by atoms with van der Waals surface area (Å²) < 4.78 is 1.45. The third-order valence-electron chi connectivity index (χ3n) is 4.72. The van der Waals surface area contributed by atoms with Gasteiger partial charge in [-0.15, -0.1) is 11.3 Å². The first kappa shape index (κ1) is 17.5. The average Bonchev–Trinajstić information content (AvgIpc) is 3.07. The summed E-state index contributed by atoms with van der Waals surface area (Å²) in [4.78, 5) is 31.4. The predicted molar refractivity (Wildman–Crippen MR) is 109 cm³/mol. The van der Waals surface area contributed by atoms with Crippen LogP contribution in [0.2, 0.25) is 0 Å². The normalized spacial score (nSPS) is 13.7. The number of benzene rings is 1. The molecule has 7 heteroatoms. The van der Waals surface area contributed by atoms with Gasteiger partial charge in [0.05, 0.1) is 5.39 Å². The molecule has 1 amide bonds. The monoisotopic (exact) mass is 380 g/mol. The molecule has 0 unspecified atom stereocenters. The van der Waals surface area contributed by atoms with Crippen LogP contribution in [0.1, 0.15) is 28.8 Å². The van der Waals surface area contributed by atoms with E-state index < -0.39 is 0 Å². The van der Waals surface area contributed by atoms with Gasteiger partial charge in [-0.05, 0) is 42.9 Å². The van der Waals surface area contributed by atoms with Crippen LogP contribution in [0.15, 0.2) is 41.2 Å². The summed E-state index contributed by atoms with van der Waals surface area (Å²) in [7, 11) is 1.66. The molecule has 2 N–H and O–H groups in total. The Morgan fingerprint density at radius 1 is 1.22 bits per heavy atom. The van der Waals surface area contributed by atoms with Gasteiger partial charge in [0.25, 0.3) is 11.5 Å². The van der Waals surface area contributed by atoms with Crippen LogP contribution in [0.25, 0.3) is 16.3 Å². The van der Waals surface area contributed by atoms with Gasteiger partial charge in [-0.1, -0.05) is 30.3 Å². The quantitative estimate of drug-likeness (QED) is 0.539. The van der Waals surface area contributed by atoms with Gasteiger partial charge >= 0.3 is 0 Å². The number of carbonyl (C=O) groups is 1. The molecule has 0 saturated heterocycles. The van der Waals surface area contributed by atoms with Crippen molar-refractivity contribution in [2.75, 3.05) is 5.43 Å². The second-order valence-electron chi connectivity index (χ2n) is 6.55. The van der Waals surface area contributed by atoms with Crippen LogP contribution >= 0.6 is 11.3 Å². The van der Waals surface area contributed by atoms with Crippen LogP contribution < -0.4 is 16.4 Å². The van der Waals surface area contributed by atoms with E-state index in [0.717, 1.165) is 47.0 Å². The summed E-state index contributed by atoms with van der Waals surface area (Å²) in [6.45, 7) is 0. The number of rotatable bonds is 4. The molecule has 0 aliphatic heterocycles. The first-order chi connectivity index (χ1) is 13.1. The van der Waals surface area contributed by atoms with Crippen molar-refractivity contribution in [3.63, 3.8) is 0 Å². The topological polar surface area (TPSA) is 76.0 Å². The molecule has 4 rings (SSSR count). The van der Waals surface area contributed by atoms with Crippen molar-refractivity contribution in [3.05, 3.63) is 62.8 Å². The molecular formula is C20H20N4O2S. The van der Waals surface area contributed by atoms with Gasteiger partial charge < -0.3 is 0 Å². The molecule has 1 aliphatic carbocycles. The maximum absolute atomic E-state index is 12.8. The van der Waals surface area contributed by atoms with Crippen LogP contribution in [-0.2, 0) is 24.7 Å². The summed E-state index contributed by atoms with van der Waals surface area (Å²) in [5, 5.41) is 0.734. The van der Waals surface area contributed by atoms with Crippen molar-refractivity contribution < 1.29 is 4.79 Å². The molecule has 1 aromatic carbocycles. The largest absolute Gasteiger partial charge is 0.280 e. The number of carbonyl (C=O) groups excluding carboxylic acids is 1. The summed E-state index contributed by atoms with van der Waals surface area (Å²) >= 11 is 1.59. The number of thiophene rings is 1. The molecule has 1 aliphatic rings. The summed E-state index contributed by atoms with van der Waals surface area (Å²) in [5.41, 5.74) is 7.36. The fourth-order valence-electron chi connectivity index (χ4n) is 3.29. The van der Waals surface area contributed by atoms with Gasteiger partial charge in [0.1, 0.15) is 4.83 Å². The number of aryl methyl sites for hydroxylation is 2. The number of anilines is 1. The highest BCUT2D eigenvalue weighted by molar-refractivity contribution is 7.18. The van der Waals surface area contributed by atoms with E-state index in [4.69, 9.17) is 0 Å². The van der Waals surface area contributed by atoms with Gasteiger partial charge in [-0.25, -0.2) is 4.98 Å². The van der Waals surface area contributed by atoms with Gasteiger partial charge in [0.15, 0.2) is 0 Å². The Hall–Kier alpha value is -2.93. The van der Waals surface area contributed by atoms with E-state index in [-0.39, 0.29) is 11.5 Å². The average molecular weight is 380 g/mol. The molecule has 0 radical (unpaired) electrons. The van der Waals surface area contributed by atoms with Crippen molar-refractivity contribution in [2.45, 2.75) is 25.7 Å². The molecule has 0 fully saturated rings. The SMILES string of the molecule is Cn1c(NNC(=O)/C=C/c2ccccc2)nc2sc3c(c2c1=O)CCCC3. The lowest BCUT2D eigenvalue weighted by molar-refractivity contribution is -0.116. The van der Waals surface area contributed by atoms with Gasteiger partial charge in [-0.3, -0.25) is 25.0 Å². The van der Waals surface area contributed by atoms with E-state index in [1.165, 1.54) is 15.5 Å². The minimum absolute atomic E-state index is 0.0732. The minimum atomic E-state index is -0.321. The molecule has 27 heavy (non-hydrogen) atoms. The zero-order valence-electron chi connectivity index (χ0n) is 15.0. The lowest BCUT2D eigenvalue weighted by Crippen LogP contribution is -2.32. The van der Waals surface area contributed by atoms with Crippen molar-refractivity contribution in [1.29, 1.82) is 0 Å². The van der Waals surface area contributed by atoms with E-state index in [2.05, 4.69) is 15.8 Å². The lowest BCUT2D eigenvalue weighted by Gasteiger charge is -2.12. The van der Waals surface area contributed by atoms with E-state index in [0.29, 0.717) is 5.95 Å². The molecular weight excluding hydrogens is 360 g/mol. The Morgan fingerprint density at radius 2 is 2.00 bits per heavy atom. The number of amides is 1. The van der Waals surface area contributed by atoms with Crippen LogP contribution in [-0.4, -0.2) is 15.5 Å². The van der Waals surface area contributed by atoms with Gasteiger partial charge in [0, 0.05) is 18.0 Å². The Balaban J connectivity index is 1.54. The number of nitrogens with zero attached hydrogens (tertiary/aromatic N) is 2. The predicted octanol–water partition coefficient (Wildman–Crippen LogP) is 3.03. The summed E-state index contributed by atoms with van der Waals surface area (Å²) in [6.07, 6.45) is 7.40. The third kappa shape index (κ3) is 3.50. The first-order valence-corrected chi connectivity index (χ1v) is 9.75. The Kier molecular flexibility index (Phi) is 4.77. The number of hydrogen-bond donors (Lipinski definition) is 2. The fraction of sp³-hybridized carbons (Fsp3) is 0.250. The van der Waals surface area contributed by atoms with Crippen molar-refractivity contribution in [1.82, 2.24) is 15.0 Å². The number of hydrogen-bond acceptors (Lipinski definition) is 5. The standard InChI is InChI=1S/C20H20N4O2S/c1-24-19(26)17-14-9-5-6-10-15(14)27-18(17)21-20(24)23-22-16(25)12-11-13-7-3-2-4-8-13/h2-4,7-8,11-12H,5-6,9-10H2,1H3,(H,21,23)(H,22,25)/b12-11+. The molecule has 6 nitrogen and oxygen atoms in total. The first-order valence-electron chi connectivity index (χ1n) is 8.94. The molecule has 0 spiro atoms. The van der Waals surface area contributed by atoms with Gasteiger partial charge in [-0.2, -0.15) is 0 Å². The fourth-order valence-corrected chi connectivity index (χ4v) is 4.54. The second-order valence-corrected chi connectivity index (χ2v) is 7.63. The molecule has 0 atom stereocenters. The van der Waals surface area contributed by atoms with Crippen LogP contribution in [0.4, 0.5) is 5.95 Å². The maximum Gasteiger partial charge on any atom is 0.263 e. The molecule has 0 saturated carbocycles. The minimum Gasteiger partial charge on any atom is -0.280 e. The maximum atomic E-state index is 12.8. The third-order valence-corrected chi connectivity index (χ3v) is 5.91. The smallest absolute Gasteiger partial charge is 0.263 e. The lowest BCUT2D eigenvalue weighted by atomic mass is 9.97. The highest BCUT2D eigenvalue weighted by atomic mass is 32.1. The highest BCUT2D eigenvalue weighted by Gasteiger charge is 2.21. The summed E-state index contributed by atoms with van der Waals surface area (Å²) in [6, 6.07) is 9.56. The molecule has 2 heterocycles. The molecule has 3 aromatic rings. The summed E-state index contributed by atoms with van der Waals surface area (Å²) in [5.74, 6) is 0.00577. The highest BCUT2D eigenvalue weighted by Crippen LogP contribution is 2.34. The van der Waals surface area contributed by atoms with E-state index in [9.17, 15) is 9.59 Å². The van der Waals surface area contributed by atoms with Crippen LogP contribution in [0, 0.1) is 0 Å². The van der Waals surface area contributed by atoms with E-state index in [1.807, 2.05) is 30.3 Å². The van der Waals surface area contributed by atoms with E-state index >= 15 is 0 Å². The molecule has 2 aromatic heterocycles. The Bertz CT molecular complexity index is 1080. The van der Waals surface area contributed by atoms with Crippen LogP contribution in [0.5, 0.6) is 0 Å². The number of nitrogens with one attached hydrogen (secondary N) is 2. The Morgan fingerprint density at radius 3 is 2.81 bits per heavy atom. The van der Waals surface area contributed by atoms with E-state index in [1.54, 1.807) is 24.5 Å². The molecule has 138 valence electrons. The van der Waals surface area contributed by atoms with Crippen molar-refractivity contribution in [3.8, 4) is 0 Å². The number of aromatic nitrogens is 2. The molecule has 0 bridgehead atoms. The zero-order chi connectivity index (χ0) is 18.8. The van der Waals surface area contributed by atoms with Crippen molar-refractivity contribution in [2.24, 2.45) is 7.05 Å². The second kappa shape index (κ2) is 7.36. The van der Waals surface area contributed by atoms with Crippen molar-refractivity contribution >= 4 is 39.5 Å². The Labute approximate surface area is 160 Å². The van der Waals surface area contributed by atoms with Gasteiger partial charge in [0.2, 0.25) is 5.95 Å². The van der Waals surface area contributed by atoms with Crippen LogP contribution in [0.3, 0.4) is 0 Å².